The number of aromatic nitrogens is 3. The van der Waals surface area contributed by atoms with E-state index in [4.69, 9.17) is 37.8 Å². The molecule has 1 aromatic heterocycles. The minimum absolute atomic E-state index is 0.489. The molecule has 0 bridgehead atoms. The molecule has 0 spiro atoms. The molecule has 6 nitrogen and oxygen atoms in total. The van der Waals surface area contributed by atoms with Gasteiger partial charge in [0.15, 0.2) is 4.77 Å². The largest absolute Gasteiger partial charge is 0.495 e. The van der Waals surface area contributed by atoms with E-state index < -0.39 is 5.69 Å². The molecule has 120 valence electrons. The first-order valence-corrected chi connectivity index (χ1v) is 10.8. The number of nitrogens with zero attached hydrogens (tertiary/aromatic N) is 2. The Hall–Kier alpha value is -0.700. The standard InChI is InChI=1S/C12H16N3O3PS3/c1-16-10-7-5-4-6-9(10)15-11(13-14-12(15)20)8-22-19(21,17-2)18-3/h4-7H,8H2,1-3H3,(H,14,20). The Balaban J connectivity index is 2.37. The van der Waals surface area contributed by atoms with Crippen molar-refractivity contribution in [2.24, 2.45) is 0 Å². The maximum Gasteiger partial charge on any atom is 0.247 e. The Labute approximate surface area is 143 Å². The number of para-hydroxylation sites is 2. The summed E-state index contributed by atoms with van der Waals surface area (Å²) in [7, 11) is 4.72. The SMILES string of the molecule is COc1ccccc1-n1c(CSP(=S)(OC)OC)n[nH]c1=S. The lowest BCUT2D eigenvalue weighted by atomic mass is 10.3. The fourth-order valence-electron chi connectivity index (χ4n) is 1.81. The fraction of sp³-hybridized carbons (Fsp3) is 0.333. The van der Waals surface area contributed by atoms with E-state index in [-0.39, 0.29) is 0 Å². The predicted molar refractivity (Wildman–Crippen MR) is 94.9 cm³/mol. The highest BCUT2D eigenvalue weighted by Gasteiger charge is 2.19. The highest BCUT2D eigenvalue weighted by atomic mass is 32.9. The van der Waals surface area contributed by atoms with E-state index >= 15 is 0 Å². The molecule has 2 aromatic rings. The van der Waals surface area contributed by atoms with Crippen molar-refractivity contribution in [2.75, 3.05) is 21.3 Å². The third-order valence-electron chi connectivity index (χ3n) is 2.87. The van der Waals surface area contributed by atoms with E-state index in [0.717, 1.165) is 11.5 Å². The van der Waals surface area contributed by atoms with Gasteiger partial charge in [-0.3, -0.25) is 9.67 Å². The number of methoxy groups -OCH3 is 1. The molecule has 0 saturated heterocycles. The molecule has 0 unspecified atom stereocenters. The fourth-order valence-corrected chi connectivity index (χ4v) is 4.81. The number of rotatable bonds is 7. The van der Waals surface area contributed by atoms with Crippen LogP contribution in [0.2, 0.25) is 0 Å². The molecule has 0 aliphatic rings. The van der Waals surface area contributed by atoms with Gasteiger partial charge in [0.2, 0.25) is 5.69 Å². The third kappa shape index (κ3) is 3.79. The van der Waals surface area contributed by atoms with E-state index in [1.54, 1.807) is 21.3 Å². The third-order valence-corrected chi connectivity index (χ3v) is 8.81. The molecular formula is C12H16N3O3PS3. The quantitative estimate of drug-likeness (QED) is 0.583. The molecule has 1 aromatic carbocycles. The Kier molecular flexibility index (Phi) is 6.19. The van der Waals surface area contributed by atoms with Crippen LogP contribution in [-0.2, 0) is 26.6 Å². The molecule has 22 heavy (non-hydrogen) atoms. The molecule has 10 heteroatoms. The summed E-state index contributed by atoms with van der Waals surface area (Å²) in [6.07, 6.45) is 0. The molecule has 2 rings (SSSR count). The van der Waals surface area contributed by atoms with Gasteiger partial charge >= 0.3 is 0 Å². The topological polar surface area (TPSA) is 61.3 Å². The van der Waals surface area contributed by atoms with Crippen molar-refractivity contribution in [1.29, 1.82) is 0 Å². The van der Waals surface area contributed by atoms with Crippen LogP contribution in [0.25, 0.3) is 5.69 Å². The monoisotopic (exact) mass is 377 g/mol. The van der Waals surface area contributed by atoms with Crippen molar-refractivity contribution in [3.05, 3.63) is 34.9 Å². The summed E-state index contributed by atoms with van der Waals surface area (Å²) in [6, 6.07) is 7.60. The van der Waals surface area contributed by atoms with Gasteiger partial charge in [-0.1, -0.05) is 23.5 Å². The molecule has 0 radical (unpaired) electrons. The summed E-state index contributed by atoms with van der Waals surface area (Å²) in [6.45, 7) is 0. The number of hydrogen-bond acceptors (Lipinski definition) is 7. The van der Waals surface area contributed by atoms with Crippen molar-refractivity contribution in [1.82, 2.24) is 14.8 Å². The maximum atomic E-state index is 5.39. The zero-order chi connectivity index (χ0) is 16.2. The molecule has 0 aliphatic carbocycles. The van der Waals surface area contributed by atoms with E-state index in [2.05, 4.69) is 10.2 Å². The van der Waals surface area contributed by atoms with Crippen molar-refractivity contribution >= 4 is 41.1 Å². The molecule has 0 atom stereocenters. The normalized spacial score (nSPS) is 11.6. The summed E-state index contributed by atoms with van der Waals surface area (Å²) in [5.41, 5.74) is -1.53. The Morgan fingerprint density at radius 3 is 2.59 bits per heavy atom. The molecular weight excluding hydrogens is 361 g/mol. The van der Waals surface area contributed by atoms with Crippen LogP contribution >= 0.6 is 29.3 Å². The Morgan fingerprint density at radius 2 is 1.95 bits per heavy atom. The van der Waals surface area contributed by atoms with Gasteiger partial charge in [0.25, 0.3) is 0 Å². The smallest absolute Gasteiger partial charge is 0.247 e. The average Bonchev–Trinajstić information content (AvgIpc) is 2.93. The molecule has 1 heterocycles. The number of H-pyrrole nitrogens is 1. The van der Waals surface area contributed by atoms with E-state index in [9.17, 15) is 0 Å². The van der Waals surface area contributed by atoms with E-state index in [0.29, 0.717) is 16.3 Å². The van der Waals surface area contributed by atoms with Gasteiger partial charge in [0, 0.05) is 14.2 Å². The van der Waals surface area contributed by atoms with Gasteiger partial charge in [-0.15, -0.1) is 0 Å². The summed E-state index contributed by atoms with van der Waals surface area (Å²) in [5.74, 6) is 1.94. The number of aromatic amines is 1. The van der Waals surface area contributed by atoms with Crippen molar-refractivity contribution in [3.63, 3.8) is 0 Å². The van der Waals surface area contributed by atoms with E-state index in [1.165, 1.54) is 11.4 Å². The first-order valence-electron chi connectivity index (χ1n) is 6.20. The molecule has 0 amide bonds. The first-order chi connectivity index (χ1) is 10.5. The minimum atomic E-state index is -2.35. The number of benzene rings is 1. The first kappa shape index (κ1) is 17.7. The summed E-state index contributed by atoms with van der Waals surface area (Å²) in [4.78, 5) is 0. The van der Waals surface area contributed by atoms with Gasteiger partial charge in [0.05, 0.1) is 18.6 Å². The summed E-state index contributed by atoms with van der Waals surface area (Å²) in [5, 5.41) is 7.07. The average molecular weight is 377 g/mol. The van der Waals surface area contributed by atoms with E-state index in [1.807, 2.05) is 28.8 Å². The van der Waals surface area contributed by atoms with Gasteiger partial charge in [-0.25, -0.2) is 0 Å². The van der Waals surface area contributed by atoms with Crippen molar-refractivity contribution < 1.29 is 13.8 Å². The molecule has 0 aliphatic heterocycles. The molecule has 0 saturated carbocycles. The molecule has 0 fully saturated rings. The van der Waals surface area contributed by atoms with Gasteiger partial charge < -0.3 is 13.8 Å². The minimum Gasteiger partial charge on any atom is -0.495 e. The second-order valence-corrected chi connectivity index (χ2v) is 10.9. The van der Waals surface area contributed by atoms with Gasteiger partial charge in [-0.2, -0.15) is 5.10 Å². The summed E-state index contributed by atoms with van der Waals surface area (Å²) < 4.78 is 18.3. The van der Waals surface area contributed by atoms with Crippen LogP contribution in [0.15, 0.2) is 24.3 Å². The lowest BCUT2D eigenvalue weighted by Gasteiger charge is -2.16. The maximum absolute atomic E-state index is 5.39. The lowest BCUT2D eigenvalue weighted by Crippen LogP contribution is -2.03. The highest BCUT2D eigenvalue weighted by Crippen LogP contribution is 2.60. The number of nitrogens with one attached hydrogen (secondary N) is 1. The van der Waals surface area contributed by atoms with Crippen LogP contribution in [0.3, 0.4) is 0 Å². The van der Waals surface area contributed by atoms with Crippen LogP contribution in [0.5, 0.6) is 5.75 Å². The van der Waals surface area contributed by atoms with Crippen LogP contribution in [0.4, 0.5) is 0 Å². The van der Waals surface area contributed by atoms with Gasteiger partial charge in [0.1, 0.15) is 11.6 Å². The van der Waals surface area contributed by atoms with Crippen LogP contribution in [0.1, 0.15) is 5.82 Å². The zero-order valence-electron chi connectivity index (χ0n) is 12.3. The number of ether oxygens (including phenoxy) is 1. The van der Waals surface area contributed by atoms with Crippen molar-refractivity contribution in [3.8, 4) is 11.4 Å². The molecule has 1 N–H and O–H groups in total. The summed E-state index contributed by atoms with van der Waals surface area (Å²) >= 11 is 12.1. The van der Waals surface area contributed by atoms with Crippen LogP contribution in [-0.4, -0.2) is 36.1 Å². The van der Waals surface area contributed by atoms with Crippen LogP contribution < -0.4 is 4.74 Å². The van der Waals surface area contributed by atoms with Crippen LogP contribution in [0, 0.1) is 4.77 Å². The second-order valence-electron chi connectivity index (χ2n) is 4.04. The van der Waals surface area contributed by atoms with Gasteiger partial charge in [-0.05, 0) is 36.2 Å². The second kappa shape index (κ2) is 7.72. The number of hydrogen-bond donors (Lipinski definition) is 1. The van der Waals surface area contributed by atoms with Crippen molar-refractivity contribution in [2.45, 2.75) is 5.75 Å². The zero-order valence-corrected chi connectivity index (χ0v) is 15.7. The lowest BCUT2D eigenvalue weighted by molar-refractivity contribution is 0.354. The highest BCUT2D eigenvalue weighted by molar-refractivity contribution is 8.67. The Morgan fingerprint density at radius 1 is 1.27 bits per heavy atom. The predicted octanol–water partition coefficient (Wildman–Crippen LogP) is 3.69. The Bertz CT molecular complexity index is 738.